The second-order valence-corrected chi connectivity index (χ2v) is 7.52. The highest BCUT2D eigenvalue weighted by atomic mass is 79.9. The fourth-order valence-corrected chi connectivity index (χ4v) is 4.02. The first-order chi connectivity index (χ1) is 10.0. The van der Waals surface area contributed by atoms with Crippen LogP contribution in [-0.2, 0) is 0 Å². The van der Waals surface area contributed by atoms with Crippen molar-refractivity contribution in [3.63, 3.8) is 0 Å². The summed E-state index contributed by atoms with van der Waals surface area (Å²) >= 11 is 3.51. The maximum absolute atomic E-state index is 6.31. The van der Waals surface area contributed by atoms with Crippen molar-refractivity contribution in [2.45, 2.75) is 64.1 Å². The van der Waals surface area contributed by atoms with Gasteiger partial charge in [-0.1, -0.05) is 41.4 Å². The van der Waals surface area contributed by atoms with Gasteiger partial charge in [0.15, 0.2) is 0 Å². The zero-order valence-corrected chi connectivity index (χ0v) is 15.1. The number of hydrogen-bond donors (Lipinski definition) is 1. The van der Waals surface area contributed by atoms with Crippen molar-refractivity contribution < 1.29 is 0 Å². The van der Waals surface area contributed by atoms with E-state index in [0.717, 1.165) is 10.4 Å². The van der Waals surface area contributed by atoms with E-state index in [9.17, 15) is 0 Å². The Morgan fingerprint density at radius 3 is 2.24 bits per heavy atom. The second-order valence-electron chi connectivity index (χ2n) is 6.60. The van der Waals surface area contributed by atoms with Gasteiger partial charge in [-0.2, -0.15) is 0 Å². The van der Waals surface area contributed by atoms with Crippen LogP contribution in [0.2, 0.25) is 0 Å². The van der Waals surface area contributed by atoms with Crippen molar-refractivity contribution in [2.24, 2.45) is 11.7 Å². The molecule has 1 saturated carbocycles. The molecule has 0 heterocycles. The molecule has 1 aromatic rings. The maximum atomic E-state index is 6.31. The highest BCUT2D eigenvalue weighted by Gasteiger charge is 2.29. The van der Waals surface area contributed by atoms with Crippen molar-refractivity contribution in [1.29, 1.82) is 0 Å². The largest absolute Gasteiger partial charge is 0.326 e. The number of hydrogen-bond acceptors (Lipinski definition) is 2. The van der Waals surface area contributed by atoms with Gasteiger partial charge in [-0.05, 0) is 63.3 Å². The zero-order valence-electron chi connectivity index (χ0n) is 13.6. The molecule has 2 unspecified atom stereocenters. The normalized spacial score (nSPS) is 25.8. The van der Waals surface area contributed by atoms with Crippen molar-refractivity contribution in [3.8, 4) is 0 Å². The van der Waals surface area contributed by atoms with Gasteiger partial charge >= 0.3 is 0 Å². The molecule has 118 valence electrons. The van der Waals surface area contributed by atoms with E-state index in [0.29, 0.717) is 12.1 Å². The van der Waals surface area contributed by atoms with Crippen LogP contribution in [0.1, 0.15) is 57.6 Å². The average molecular weight is 353 g/mol. The van der Waals surface area contributed by atoms with E-state index in [2.05, 4.69) is 66.0 Å². The fourth-order valence-electron chi connectivity index (χ4n) is 3.76. The van der Waals surface area contributed by atoms with Gasteiger partial charge in [-0.3, -0.25) is 4.90 Å². The summed E-state index contributed by atoms with van der Waals surface area (Å²) in [5.74, 6) is 0.941. The van der Waals surface area contributed by atoms with Crippen LogP contribution in [0.4, 0.5) is 0 Å². The summed E-state index contributed by atoms with van der Waals surface area (Å²) < 4.78 is 1.13. The first-order valence-corrected chi connectivity index (χ1v) is 9.05. The van der Waals surface area contributed by atoms with Gasteiger partial charge in [0.1, 0.15) is 0 Å². The highest BCUT2D eigenvalue weighted by Crippen LogP contribution is 2.34. The van der Waals surface area contributed by atoms with Crippen LogP contribution in [0.25, 0.3) is 0 Å². The number of halogens is 1. The molecule has 1 aliphatic rings. The molecule has 0 saturated heterocycles. The Kier molecular flexibility index (Phi) is 6.27. The highest BCUT2D eigenvalue weighted by molar-refractivity contribution is 9.10. The molecule has 2 rings (SSSR count). The van der Waals surface area contributed by atoms with E-state index < -0.39 is 0 Å². The Bertz CT molecular complexity index is 421. The third-order valence-electron chi connectivity index (χ3n) is 5.12. The Morgan fingerprint density at radius 2 is 1.76 bits per heavy atom. The molecular formula is C18H29BrN2. The van der Waals surface area contributed by atoms with Crippen LogP contribution in [0.15, 0.2) is 28.7 Å². The Balaban J connectivity index is 2.09. The van der Waals surface area contributed by atoms with Crippen molar-refractivity contribution >= 4 is 15.9 Å². The van der Waals surface area contributed by atoms with Gasteiger partial charge in [-0.15, -0.1) is 0 Å². The summed E-state index contributed by atoms with van der Waals surface area (Å²) in [7, 11) is 2.26. The minimum absolute atomic E-state index is 0.139. The lowest BCUT2D eigenvalue weighted by atomic mass is 9.83. The van der Waals surface area contributed by atoms with Crippen molar-refractivity contribution in [3.05, 3.63) is 34.3 Å². The number of nitrogens with zero attached hydrogens (tertiary/aromatic N) is 1. The van der Waals surface area contributed by atoms with E-state index in [4.69, 9.17) is 5.73 Å². The maximum Gasteiger partial charge on any atom is 0.0496 e. The van der Waals surface area contributed by atoms with Gasteiger partial charge < -0.3 is 5.73 Å². The number of likely N-dealkylation sites (N-methyl/N-ethyl adjacent to an activating group) is 1. The molecule has 1 aliphatic carbocycles. The van der Waals surface area contributed by atoms with Crippen LogP contribution < -0.4 is 5.73 Å². The SMILES string of the molecule is CCC1CCC(N(C)C(c2ccc(Br)cc2)C(C)N)CC1. The standard InChI is InChI=1S/C18H29BrN2/c1-4-14-5-11-17(12-6-14)21(3)18(13(2)20)15-7-9-16(19)10-8-15/h7-10,13-14,17-18H,4-6,11-12,20H2,1-3H3. The van der Waals surface area contributed by atoms with E-state index in [1.165, 1.54) is 37.7 Å². The molecule has 0 spiro atoms. The van der Waals surface area contributed by atoms with Gasteiger partial charge in [0, 0.05) is 22.6 Å². The number of nitrogens with two attached hydrogens (primary N) is 1. The van der Waals surface area contributed by atoms with E-state index in [1.807, 2.05) is 0 Å². The van der Waals surface area contributed by atoms with E-state index >= 15 is 0 Å². The Labute approximate surface area is 138 Å². The molecule has 3 heteroatoms. The topological polar surface area (TPSA) is 29.3 Å². The molecule has 1 aromatic carbocycles. The molecule has 0 radical (unpaired) electrons. The molecule has 2 N–H and O–H groups in total. The smallest absolute Gasteiger partial charge is 0.0496 e. The quantitative estimate of drug-likeness (QED) is 0.829. The van der Waals surface area contributed by atoms with E-state index in [1.54, 1.807) is 0 Å². The van der Waals surface area contributed by atoms with Gasteiger partial charge in [0.25, 0.3) is 0 Å². The molecule has 21 heavy (non-hydrogen) atoms. The minimum atomic E-state index is 0.139. The summed E-state index contributed by atoms with van der Waals surface area (Å²) in [5, 5.41) is 0. The summed E-state index contributed by atoms with van der Waals surface area (Å²) in [5.41, 5.74) is 7.64. The fraction of sp³-hybridized carbons (Fsp3) is 0.667. The number of rotatable bonds is 5. The lowest BCUT2D eigenvalue weighted by Crippen LogP contribution is -2.44. The second kappa shape index (κ2) is 7.75. The number of benzene rings is 1. The molecule has 2 atom stereocenters. The molecule has 1 fully saturated rings. The molecule has 0 aliphatic heterocycles. The van der Waals surface area contributed by atoms with Crippen LogP contribution >= 0.6 is 15.9 Å². The first-order valence-electron chi connectivity index (χ1n) is 8.26. The van der Waals surface area contributed by atoms with Crippen LogP contribution in [0, 0.1) is 5.92 Å². The Hall–Kier alpha value is -0.380. The Morgan fingerprint density at radius 1 is 1.19 bits per heavy atom. The lowest BCUT2D eigenvalue weighted by molar-refractivity contribution is 0.107. The van der Waals surface area contributed by atoms with Crippen LogP contribution in [0.3, 0.4) is 0 Å². The predicted octanol–water partition coefficient (Wildman–Crippen LogP) is 4.74. The third-order valence-corrected chi connectivity index (χ3v) is 5.65. The van der Waals surface area contributed by atoms with Gasteiger partial charge in [0.2, 0.25) is 0 Å². The monoisotopic (exact) mass is 352 g/mol. The molecule has 0 bridgehead atoms. The van der Waals surface area contributed by atoms with Gasteiger partial charge in [0.05, 0.1) is 0 Å². The summed E-state index contributed by atoms with van der Waals surface area (Å²) in [6.45, 7) is 4.45. The predicted molar refractivity (Wildman–Crippen MR) is 94.3 cm³/mol. The summed E-state index contributed by atoms with van der Waals surface area (Å²) in [6.07, 6.45) is 6.71. The third kappa shape index (κ3) is 4.30. The van der Waals surface area contributed by atoms with Crippen LogP contribution in [0.5, 0.6) is 0 Å². The van der Waals surface area contributed by atoms with Crippen molar-refractivity contribution in [1.82, 2.24) is 4.90 Å². The molecule has 0 amide bonds. The average Bonchev–Trinajstić information content (AvgIpc) is 2.49. The summed E-state index contributed by atoms with van der Waals surface area (Å²) in [6, 6.07) is 9.76. The van der Waals surface area contributed by atoms with Crippen LogP contribution in [-0.4, -0.2) is 24.0 Å². The lowest BCUT2D eigenvalue weighted by Gasteiger charge is -2.40. The zero-order chi connectivity index (χ0) is 15.4. The summed E-state index contributed by atoms with van der Waals surface area (Å²) in [4.78, 5) is 2.53. The van der Waals surface area contributed by atoms with Crippen molar-refractivity contribution in [2.75, 3.05) is 7.05 Å². The molecular weight excluding hydrogens is 324 g/mol. The van der Waals surface area contributed by atoms with Gasteiger partial charge in [-0.25, -0.2) is 0 Å². The first kappa shape index (κ1) is 17.0. The molecule has 2 nitrogen and oxygen atoms in total. The minimum Gasteiger partial charge on any atom is -0.326 e. The van der Waals surface area contributed by atoms with E-state index in [-0.39, 0.29) is 6.04 Å². The molecule has 0 aromatic heterocycles.